The number of benzene rings is 1. The van der Waals surface area contributed by atoms with E-state index in [9.17, 15) is 10.1 Å². The van der Waals surface area contributed by atoms with Gasteiger partial charge in [-0.1, -0.05) is 11.6 Å². The molecule has 14 heavy (non-hydrogen) atoms. The number of nitro groups is 1. The number of hydrogen-bond donors (Lipinski definition) is 0. The van der Waals surface area contributed by atoms with Gasteiger partial charge in [0.05, 0.1) is 17.4 Å². The highest BCUT2D eigenvalue weighted by Crippen LogP contribution is 2.26. The summed E-state index contributed by atoms with van der Waals surface area (Å²) in [6, 6.07) is 4.64. The van der Waals surface area contributed by atoms with Crippen LogP contribution in [0.3, 0.4) is 0 Å². The summed E-state index contributed by atoms with van der Waals surface area (Å²) in [5, 5.41) is 19.4. The standard InChI is InChI=1S/C9H7ClN2O2/c1-6-4-8(12(13)14)5-7(2-3-11)9(6)10/h4-5H,2H2,1H3. The molecule has 4 nitrogen and oxygen atoms in total. The van der Waals surface area contributed by atoms with E-state index < -0.39 is 4.92 Å². The number of halogens is 1. The van der Waals surface area contributed by atoms with Crippen molar-refractivity contribution in [2.45, 2.75) is 13.3 Å². The van der Waals surface area contributed by atoms with Gasteiger partial charge in [0.15, 0.2) is 0 Å². The number of hydrogen-bond acceptors (Lipinski definition) is 3. The van der Waals surface area contributed by atoms with Crippen LogP contribution in [0.4, 0.5) is 5.69 Å². The fourth-order valence-corrected chi connectivity index (χ4v) is 1.32. The van der Waals surface area contributed by atoms with Gasteiger partial charge in [0.25, 0.3) is 5.69 Å². The van der Waals surface area contributed by atoms with Gasteiger partial charge >= 0.3 is 0 Å². The molecule has 0 bridgehead atoms. The summed E-state index contributed by atoms with van der Waals surface area (Å²) in [5.74, 6) is 0. The lowest BCUT2D eigenvalue weighted by molar-refractivity contribution is -0.385. The molecular weight excluding hydrogens is 204 g/mol. The van der Waals surface area contributed by atoms with Crippen molar-refractivity contribution in [3.63, 3.8) is 0 Å². The Morgan fingerprint density at radius 1 is 1.64 bits per heavy atom. The summed E-state index contributed by atoms with van der Waals surface area (Å²) in [5.41, 5.74) is 1.09. The smallest absolute Gasteiger partial charge is 0.258 e. The minimum Gasteiger partial charge on any atom is -0.258 e. The van der Waals surface area contributed by atoms with Crippen molar-refractivity contribution in [1.82, 2.24) is 0 Å². The highest BCUT2D eigenvalue weighted by atomic mass is 35.5. The van der Waals surface area contributed by atoms with Crippen molar-refractivity contribution in [1.29, 1.82) is 5.26 Å². The Hall–Kier alpha value is -1.60. The number of rotatable bonds is 2. The highest BCUT2D eigenvalue weighted by molar-refractivity contribution is 6.32. The van der Waals surface area contributed by atoms with E-state index in [0.717, 1.165) is 0 Å². The average Bonchev–Trinajstić information content (AvgIpc) is 2.12. The van der Waals surface area contributed by atoms with E-state index in [4.69, 9.17) is 16.9 Å². The Kier molecular flexibility index (Phi) is 3.05. The van der Waals surface area contributed by atoms with Gasteiger partial charge in [-0.3, -0.25) is 10.1 Å². The number of nitriles is 1. The molecule has 0 fully saturated rings. The number of aryl methyl sites for hydroxylation is 1. The largest absolute Gasteiger partial charge is 0.270 e. The van der Waals surface area contributed by atoms with Gasteiger partial charge in [0.1, 0.15) is 0 Å². The van der Waals surface area contributed by atoms with Gasteiger partial charge in [0.2, 0.25) is 0 Å². The van der Waals surface area contributed by atoms with Crippen molar-refractivity contribution in [3.05, 3.63) is 38.4 Å². The van der Waals surface area contributed by atoms with Gasteiger partial charge in [-0.15, -0.1) is 0 Å². The molecule has 0 spiro atoms. The minimum absolute atomic E-state index is 0.0304. The molecule has 0 aliphatic carbocycles. The molecule has 72 valence electrons. The molecule has 1 aromatic rings. The zero-order valence-electron chi connectivity index (χ0n) is 7.45. The van der Waals surface area contributed by atoms with Crippen LogP contribution in [0.2, 0.25) is 5.02 Å². The van der Waals surface area contributed by atoms with Crippen molar-refractivity contribution in [2.24, 2.45) is 0 Å². The molecule has 0 saturated carbocycles. The molecule has 0 aliphatic rings. The molecule has 5 heteroatoms. The van der Waals surface area contributed by atoms with E-state index >= 15 is 0 Å². The fraction of sp³-hybridized carbons (Fsp3) is 0.222. The van der Waals surface area contributed by atoms with Gasteiger partial charge in [0, 0.05) is 17.2 Å². The molecule has 0 aliphatic heterocycles. The molecule has 0 unspecified atom stereocenters. The molecule has 0 saturated heterocycles. The predicted molar refractivity (Wildman–Crippen MR) is 52.2 cm³/mol. The second kappa shape index (κ2) is 4.07. The van der Waals surface area contributed by atoms with E-state index in [1.54, 1.807) is 6.92 Å². The van der Waals surface area contributed by atoms with Crippen molar-refractivity contribution >= 4 is 17.3 Å². The monoisotopic (exact) mass is 210 g/mol. The summed E-state index contributed by atoms with van der Waals surface area (Å²) in [7, 11) is 0. The third-order valence-electron chi connectivity index (χ3n) is 1.79. The van der Waals surface area contributed by atoms with Gasteiger partial charge in [-0.05, 0) is 18.1 Å². The van der Waals surface area contributed by atoms with Crippen LogP contribution in [0.5, 0.6) is 0 Å². The Labute approximate surface area is 85.9 Å². The SMILES string of the molecule is Cc1cc([N+](=O)[O-])cc(CC#N)c1Cl. The van der Waals surface area contributed by atoms with E-state index in [-0.39, 0.29) is 12.1 Å². The summed E-state index contributed by atoms with van der Waals surface area (Å²) in [4.78, 5) is 10.0. The van der Waals surface area contributed by atoms with Crippen LogP contribution in [-0.4, -0.2) is 4.92 Å². The summed E-state index contributed by atoms with van der Waals surface area (Å²) < 4.78 is 0. The normalized spacial score (nSPS) is 9.50. The molecular formula is C9H7ClN2O2. The highest BCUT2D eigenvalue weighted by Gasteiger charge is 2.12. The Bertz CT molecular complexity index is 424. The third kappa shape index (κ3) is 2.01. The Morgan fingerprint density at radius 2 is 2.29 bits per heavy atom. The minimum atomic E-state index is -0.496. The number of nitro benzene ring substituents is 1. The number of non-ortho nitro benzene ring substituents is 1. The third-order valence-corrected chi connectivity index (χ3v) is 2.34. The molecule has 1 rings (SSSR count). The van der Waals surface area contributed by atoms with Crippen molar-refractivity contribution < 1.29 is 4.92 Å². The first kappa shape index (κ1) is 10.5. The van der Waals surface area contributed by atoms with E-state index in [0.29, 0.717) is 16.1 Å². The first-order valence-corrected chi connectivity index (χ1v) is 4.24. The van der Waals surface area contributed by atoms with Crippen molar-refractivity contribution in [3.8, 4) is 6.07 Å². The molecule has 0 heterocycles. The van der Waals surface area contributed by atoms with Crippen LogP contribution < -0.4 is 0 Å². The van der Waals surface area contributed by atoms with Crippen molar-refractivity contribution in [2.75, 3.05) is 0 Å². The van der Waals surface area contributed by atoms with E-state index in [2.05, 4.69) is 0 Å². The maximum absolute atomic E-state index is 10.5. The molecule has 0 atom stereocenters. The van der Waals surface area contributed by atoms with Crippen LogP contribution in [0.15, 0.2) is 12.1 Å². The second-order valence-corrected chi connectivity index (χ2v) is 3.21. The van der Waals surface area contributed by atoms with Crippen LogP contribution in [0.1, 0.15) is 11.1 Å². The maximum atomic E-state index is 10.5. The first-order chi connectivity index (χ1) is 6.56. The molecule has 0 radical (unpaired) electrons. The number of nitrogens with zero attached hydrogens (tertiary/aromatic N) is 2. The summed E-state index contributed by atoms with van der Waals surface area (Å²) in [6.07, 6.45) is 0.0847. The molecule has 0 amide bonds. The lowest BCUT2D eigenvalue weighted by Gasteiger charge is -2.02. The molecule has 0 N–H and O–H groups in total. The fourth-order valence-electron chi connectivity index (χ4n) is 1.14. The van der Waals surface area contributed by atoms with Gasteiger partial charge < -0.3 is 0 Å². The van der Waals surface area contributed by atoms with E-state index in [1.807, 2.05) is 6.07 Å². The molecule has 1 aromatic carbocycles. The van der Waals surface area contributed by atoms with Crippen LogP contribution in [0.25, 0.3) is 0 Å². The van der Waals surface area contributed by atoms with Gasteiger partial charge in [-0.25, -0.2) is 0 Å². The lowest BCUT2D eigenvalue weighted by atomic mass is 10.1. The van der Waals surface area contributed by atoms with E-state index in [1.165, 1.54) is 12.1 Å². The summed E-state index contributed by atoms with van der Waals surface area (Å²) >= 11 is 5.87. The topological polar surface area (TPSA) is 66.9 Å². The summed E-state index contributed by atoms with van der Waals surface area (Å²) in [6.45, 7) is 1.68. The zero-order valence-corrected chi connectivity index (χ0v) is 8.21. The quantitative estimate of drug-likeness (QED) is 0.557. The maximum Gasteiger partial charge on any atom is 0.270 e. The average molecular weight is 211 g/mol. The van der Waals surface area contributed by atoms with Crippen LogP contribution in [0, 0.1) is 28.4 Å². The first-order valence-electron chi connectivity index (χ1n) is 3.86. The second-order valence-electron chi connectivity index (χ2n) is 2.83. The predicted octanol–water partition coefficient (Wildman–Crippen LogP) is 2.62. The lowest BCUT2D eigenvalue weighted by Crippen LogP contribution is -1.93. The van der Waals surface area contributed by atoms with Crippen LogP contribution in [-0.2, 0) is 6.42 Å². The van der Waals surface area contributed by atoms with Crippen LogP contribution >= 0.6 is 11.6 Å². The van der Waals surface area contributed by atoms with Gasteiger partial charge in [-0.2, -0.15) is 5.26 Å². The molecule has 0 aromatic heterocycles. The Balaban J connectivity index is 3.29. The Morgan fingerprint density at radius 3 is 2.79 bits per heavy atom. The zero-order chi connectivity index (χ0) is 10.7.